The van der Waals surface area contributed by atoms with E-state index < -0.39 is 0 Å². The van der Waals surface area contributed by atoms with Crippen LogP contribution in [0.5, 0.6) is 0 Å². The SMILES string of the molecule is CC[C@@H](C)Cc1c(C)sc2nc(CSc3nnnn3Cc3cccs3)[nH]c(=O)c12. The number of thioether (sulfide) groups is 1. The van der Waals surface area contributed by atoms with Gasteiger partial charge in [-0.25, -0.2) is 9.67 Å². The number of hydrogen-bond donors (Lipinski definition) is 1. The second-order valence-corrected chi connectivity index (χ2v) is 10.2. The molecule has 29 heavy (non-hydrogen) atoms. The summed E-state index contributed by atoms with van der Waals surface area (Å²) in [5.74, 6) is 1.70. The lowest BCUT2D eigenvalue weighted by molar-refractivity contribution is 0.561. The van der Waals surface area contributed by atoms with E-state index in [9.17, 15) is 4.79 Å². The Labute approximate surface area is 180 Å². The van der Waals surface area contributed by atoms with Gasteiger partial charge in [0.2, 0.25) is 5.16 Å². The van der Waals surface area contributed by atoms with E-state index in [4.69, 9.17) is 4.98 Å². The molecule has 0 radical (unpaired) electrons. The molecule has 0 unspecified atom stereocenters. The van der Waals surface area contributed by atoms with E-state index in [0.29, 0.717) is 29.2 Å². The van der Waals surface area contributed by atoms with Gasteiger partial charge in [0.15, 0.2) is 0 Å². The van der Waals surface area contributed by atoms with Crippen LogP contribution in [0.25, 0.3) is 10.2 Å². The number of tetrazole rings is 1. The molecule has 0 amide bonds. The summed E-state index contributed by atoms with van der Waals surface area (Å²) in [7, 11) is 0. The van der Waals surface area contributed by atoms with Gasteiger partial charge in [-0.1, -0.05) is 38.1 Å². The Bertz CT molecular complexity index is 1160. The molecule has 0 fully saturated rings. The van der Waals surface area contributed by atoms with Gasteiger partial charge >= 0.3 is 0 Å². The summed E-state index contributed by atoms with van der Waals surface area (Å²) in [5, 5.41) is 15.5. The van der Waals surface area contributed by atoms with Crippen molar-refractivity contribution >= 4 is 44.7 Å². The first-order valence-electron chi connectivity index (χ1n) is 9.47. The van der Waals surface area contributed by atoms with Crippen molar-refractivity contribution in [3.8, 4) is 0 Å². The molecule has 4 aromatic heterocycles. The topological polar surface area (TPSA) is 89.3 Å². The lowest BCUT2D eigenvalue weighted by Gasteiger charge is -2.08. The highest BCUT2D eigenvalue weighted by Crippen LogP contribution is 2.30. The van der Waals surface area contributed by atoms with Crippen molar-refractivity contribution in [2.24, 2.45) is 5.92 Å². The van der Waals surface area contributed by atoms with Crippen LogP contribution in [0, 0.1) is 12.8 Å². The van der Waals surface area contributed by atoms with E-state index in [1.807, 2.05) is 11.4 Å². The molecule has 4 aromatic rings. The second kappa shape index (κ2) is 8.76. The lowest BCUT2D eigenvalue weighted by Crippen LogP contribution is -2.12. The molecule has 0 aliphatic carbocycles. The van der Waals surface area contributed by atoms with Crippen LogP contribution in [-0.4, -0.2) is 30.2 Å². The summed E-state index contributed by atoms with van der Waals surface area (Å²) in [6, 6.07) is 4.07. The summed E-state index contributed by atoms with van der Waals surface area (Å²) in [6.07, 6.45) is 2.01. The van der Waals surface area contributed by atoms with Crippen LogP contribution in [0.1, 0.15) is 41.4 Å². The van der Waals surface area contributed by atoms with E-state index in [1.165, 1.54) is 21.5 Å². The molecule has 0 spiro atoms. The molecule has 1 N–H and O–H groups in total. The molecular weight excluding hydrogens is 424 g/mol. The van der Waals surface area contributed by atoms with Crippen LogP contribution in [-0.2, 0) is 18.7 Å². The Balaban J connectivity index is 1.54. The number of aromatic amines is 1. The Morgan fingerprint density at radius 3 is 3.00 bits per heavy atom. The quantitative estimate of drug-likeness (QED) is 0.407. The summed E-state index contributed by atoms with van der Waals surface area (Å²) in [6.45, 7) is 7.12. The van der Waals surface area contributed by atoms with Crippen molar-refractivity contribution in [3.63, 3.8) is 0 Å². The zero-order valence-corrected chi connectivity index (χ0v) is 19.0. The maximum Gasteiger partial charge on any atom is 0.259 e. The zero-order valence-electron chi connectivity index (χ0n) is 16.5. The third-order valence-electron chi connectivity index (χ3n) is 4.88. The average Bonchev–Trinajstić information content (AvgIpc) is 3.42. The van der Waals surface area contributed by atoms with E-state index in [2.05, 4.69) is 47.3 Å². The van der Waals surface area contributed by atoms with Crippen LogP contribution in [0.4, 0.5) is 0 Å². The fourth-order valence-electron chi connectivity index (χ4n) is 3.11. The Hall–Kier alpha value is -2.04. The molecule has 0 aliphatic rings. The van der Waals surface area contributed by atoms with Gasteiger partial charge in [0.25, 0.3) is 5.56 Å². The minimum Gasteiger partial charge on any atom is -0.309 e. The first-order chi connectivity index (χ1) is 14.0. The third kappa shape index (κ3) is 4.44. The first-order valence-corrected chi connectivity index (χ1v) is 12.2. The molecule has 0 aliphatic heterocycles. The molecular formula is C19H22N6OS3. The molecule has 4 rings (SSSR count). The standard InChI is InChI=1S/C19H22N6OS3/c1-4-11(2)8-14-12(3)29-18-16(14)17(26)20-15(21-18)10-28-19-22-23-24-25(19)9-13-6-5-7-27-13/h5-7,11H,4,8-10H2,1-3H3,(H,20,21,26)/t11-/m1/s1. The van der Waals surface area contributed by atoms with Crippen molar-refractivity contribution in [1.29, 1.82) is 0 Å². The normalized spacial score (nSPS) is 12.7. The van der Waals surface area contributed by atoms with Gasteiger partial charge in [-0.05, 0) is 46.7 Å². The van der Waals surface area contributed by atoms with Crippen LogP contribution in [0.3, 0.4) is 0 Å². The van der Waals surface area contributed by atoms with Gasteiger partial charge in [-0.3, -0.25) is 4.79 Å². The van der Waals surface area contributed by atoms with Crippen LogP contribution in [0.15, 0.2) is 27.5 Å². The average molecular weight is 447 g/mol. The highest BCUT2D eigenvalue weighted by atomic mass is 32.2. The van der Waals surface area contributed by atoms with Gasteiger partial charge in [0.1, 0.15) is 10.7 Å². The predicted molar refractivity (Wildman–Crippen MR) is 119 cm³/mol. The first kappa shape index (κ1) is 20.2. The number of nitrogens with zero attached hydrogens (tertiary/aromatic N) is 5. The smallest absolute Gasteiger partial charge is 0.259 e. The van der Waals surface area contributed by atoms with E-state index in [0.717, 1.165) is 28.6 Å². The highest BCUT2D eigenvalue weighted by Gasteiger charge is 2.17. The maximum atomic E-state index is 12.8. The van der Waals surface area contributed by atoms with Crippen molar-refractivity contribution in [1.82, 2.24) is 30.2 Å². The van der Waals surface area contributed by atoms with Gasteiger partial charge in [-0.2, -0.15) is 0 Å². The van der Waals surface area contributed by atoms with Crippen molar-refractivity contribution in [2.45, 2.75) is 51.1 Å². The summed E-state index contributed by atoms with van der Waals surface area (Å²) >= 11 is 4.75. The zero-order chi connectivity index (χ0) is 20.4. The molecule has 0 aromatic carbocycles. The molecule has 10 heteroatoms. The number of aromatic nitrogens is 6. The fraction of sp³-hybridized carbons (Fsp3) is 0.421. The van der Waals surface area contributed by atoms with Crippen LogP contribution < -0.4 is 5.56 Å². The van der Waals surface area contributed by atoms with Crippen molar-refractivity contribution in [3.05, 3.63) is 49.0 Å². The minimum atomic E-state index is -0.0496. The van der Waals surface area contributed by atoms with E-state index in [-0.39, 0.29) is 5.56 Å². The lowest BCUT2D eigenvalue weighted by atomic mass is 9.98. The second-order valence-electron chi connectivity index (χ2n) is 7.03. The molecule has 0 bridgehead atoms. The summed E-state index contributed by atoms with van der Waals surface area (Å²) in [5.41, 5.74) is 1.10. The minimum absolute atomic E-state index is 0.0496. The Morgan fingerprint density at radius 1 is 1.38 bits per heavy atom. The number of H-pyrrole nitrogens is 1. The van der Waals surface area contributed by atoms with Crippen molar-refractivity contribution < 1.29 is 0 Å². The van der Waals surface area contributed by atoms with Gasteiger partial charge in [-0.15, -0.1) is 27.8 Å². The van der Waals surface area contributed by atoms with Gasteiger partial charge in [0, 0.05) is 9.75 Å². The number of hydrogen-bond acceptors (Lipinski definition) is 8. The largest absolute Gasteiger partial charge is 0.309 e. The number of aryl methyl sites for hydroxylation is 1. The third-order valence-corrected chi connectivity index (χ3v) is 7.75. The van der Waals surface area contributed by atoms with Gasteiger partial charge in [0.05, 0.1) is 17.7 Å². The van der Waals surface area contributed by atoms with E-state index in [1.54, 1.807) is 27.4 Å². The maximum absolute atomic E-state index is 12.8. The number of nitrogens with one attached hydrogen (secondary N) is 1. The Kier molecular flexibility index (Phi) is 6.12. The van der Waals surface area contributed by atoms with Crippen LogP contribution in [0.2, 0.25) is 0 Å². The number of thiophene rings is 2. The Morgan fingerprint density at radius 2 is 2.24 bits per heavy atom. The highest BCUT2D eigenvalue weighted by molar-refractivity contribution is 7.98. The van der Waals surface area contributed by atoms with E-state index >= 15 is 0 Å². The molecule has 4 heterocycles. The number of fused-ring (bicyclic) bond motifs is 1. The molecule has 152 valence electrons. The van der Waals surface area contributed by atoms with Crippen LogP contribution >= 0.6 is 34.4 Å². The molecule has 7 nitrogen and oxygen atoms in total. The monoisotopic (exact) mass is 446 g/mol. The van der Waals surface area contributed by atoms with Gasteiger partial charge < -0.3 is 4.98 Å². The number of rotatable bonds is 8. The summed E-state index contributed by atoms with van der Waals surface area (Å²) < 4.78 is 1.77. The van der Waals surface area contributed by atoms with Crippen molar-refractivity contribution in [2.75, 3.05) is 0 Å². The molecule has 1 atom stereocenters. The molecule has 0 saturated carbocycles. The fourth-order valence-corrected chi connectivity index (χ4v) is 5.61. The predicted octanol–water partition coefficient (Wildman–Crippen LogP) is 4.27. The molecule has 0 saturated heterocycles. The summed E-state index contributed by atoms with van der Waals surface area (Å²) in [4.78, 5) is 23.7.